The Morgan fingerprint density at radius 1 is 1.43 bits per heavy atom. The first kappa shape index (κ1) is 11.4. The maximum Gasteiger partial charge on any atom is 0.263 e. The number of benzene rings is 1. The third kappa shape index (κ3) is 2.41. The topological polar surface area (TPSA) is 46.2 Å². The van der Waals surface area contributed by atoms with Crippen LogP contribution in [0.2, 0.25) is 5.02 Å². The molecule has 78 valence electrons. The number of aliphatic hydroxyl groups is 1. The zero-order valence-electron chi connectivity index (χ0n) is 7.25. The van der Waals surface area contributed by atoms with Gasteiger partial charge in [-0.25, -0.2) is 8.78 Å². The van der Waals surface area contributed by atoms with Crippen LogP contribution in [-0.2, 0) is 0 Å². The van der Waals surface area contributed by atoms with E-state index in [0.29, 0.717) is 5.56 Å². The Balaban J connectivity index is 3.01. The minimum absolute atomic E-state index is 0.149. The van der Waals surface area contributed by atoms with E-state index in [1.165, 1.54) is 12.1 Å². The molecule has 5 heteroatoms. The van der Waals surface area contributed by atoms with E-state index in [0.717, 1.165) is 6.07 Å². The molecule has 0 aromatic heterocycles. The van der Waals surface area contributed by atoms with Gasteiger partial charge in [0, 0.05) is 10.6 Å². The van der Waals surface area contributed by atoms with Gasteiger partial charge in [0.05, 0.1) is 12.6 Å². The number of nitrogens with two attached hydrogens (primary N) is 1. The van der Waals surface area contributed by atoms with Crippen LogP contribution in [-0.4, -0.2) is 11.7 Å². The Hall–Kier alpha value is -0.710. The van der Waals surface area contributed by atoms with E-state index < -0.39 is 12.5 Å². The molecule has 14 heavy (non-hydrogen) atoms. The van der Waals surface area contributed by atoms with Gasteiger partial charge in [0.15, 0.2) is 0 Å². The van der Waals surface area contributed by atoms with E-state index in [-0.39, 0.29) is 17.2 Å². The van der Waals surface area contributed by atoms with E-state index in [1.54, 1.807) is 0 Å². The highest BCUT2D eigenvalue weighted by molar-refractivity contribution is 6.31. The second-order valence-corrected chi connectivity index (χ2v) is 3.28. The molecule has 0 heterocycles. The fourth-order valence-corrected chi connectivity index (χ4v) is 1.41. The lowest BCUT2D eigenvalue weighted by Gasteiger charge is -2.11. The predicted octanol–water partition coefficient (Wildman–Crippen LogP) is 2.27. The maximum absolute atomic E-state index is 12.2. The van der Waals surface area contributed by atoms with Crippen LogP contribution in [0, 0.1) is 0 Å². The Labute approximate surface area is 85.3 Å². The highest BCUT2D eigenvalue weighted by atomic mass is 35.5. The molecule has 0 spiro atoms. The normalized spacial score (nSPS) is 13.3. The van der Waals surface area contributed by atoms with E-state index in [2.05, 4.69) is 0 Å². The summed E-state index contributed by atoms with van der Waals surface area (Å²) in [5, 5.41) is 8.92. The first-order chi connectivity index (χ1) is 6.56. The molecule has 2 nitrogen and oxygen atoms in total. The van der Waals surface area contributed by atoms with Crippen molar-refractivity contribution in [2.24, 2.45) is 5.73 Å². The molecular formula is C9H10ClF2NO. The lowest BCUT2D eigenvalue weighted by Crippen LogP contribution is -2.14. The summed E-state index contributed by atoms with van der Waals surface area (Å²) in [6, 6.07) is 3.19. The van der Waals surface area contributed by atoms with Gasteiger partial charge in [-0.05, 0) is 11.6 Å². The summed E-state index contributed by atoms with van der Waals surface area (Å²) < 4.78 is 24.4. The molecule has 1 unspecified atom stereocenters. The third-order valence-corrected chi connectivity index (χ3v) is 2.20. The molecule has 0 aliphatic rings. The number of hydrogen-bond donors (Lipinski definition) is 2. The zero-order chi connectivity index (χ0) is 10.7. The van der Waals surface area contributed by atoms with Crippen molar-refractivity contribution in [2.75, 3.05) is 6.61 Å². The molecule has 0 aliphatic heterocycles. The van der Waals surface area contributed by atoms with Gasteiger partial charge in [0.25, 0.3) is 6.43 Å². The van der Waals surface area contributed by atoms with E-state index >= 15 is 0 Å². The van der Waals surface area contributed by atoms with Crippen LogP contribution in [0.3, 0.4) is 0 Å². The molecule has 1 rings (SSSR count). The number of alkyl halides is 2. The summed E-state index contributed by atoms with van der Waals surface area (Å²) in [5.41, 5.74) is 5.82. The molecule has 1 atom stereocenters. The van der Waals surface area contributed by atoms with Crippen molar-refractivity contribution in [3.8, 4) is 0 Å². The van der Waals surface area contributed by atoms with Crippen LogP contribution >= 0.6 is 11.6 Å². The maximum atomic E-state index is 12.2. The second kappa shape index (κ2) is 4.68. The van der Waals surface area contributed by atoms with Crippen LogP contribution in [0.1, 0.15) is 23.6 Å². The summed E-state index contributed by atoms with van der Waals surface area (Å²) in [4.78, 5) is 0. The van der Waals surface area contributed by atoms with Crippen molar-refractivity contribution < 1.29 is 13.9 Å². The largest absolute Gasteiger partial charge is 0.394 e. The summed E-state index contributed by atoms with van der Waals surface area (Å²) >= 11 is 5.72. The van der Waals surface area contributed by atoms with Crippen LogP contribution in [0.4, 0.5) is 8.78 Å². The van der Waals surface area contributed by atoms with Crippen LogP contribution in [0.25, 0.3) is 0 Å². The fourth-order valence-electron chi connectivity index (χ4n) is 1.08. The molecular weight excluding hydrogens is 212 g/mol. The zero-order valence-corrected chi connectivity index (χ0v) is 8.01. The molecule has 0 radical (unpaired) electrons. The van der Waals surface area contributed by atoms with Gasteiger partial charge in [0.2, 0.25) is 0 Å². The van der Waals surface area contributed by atoms with Gasteiger partial charge < -0.3 is 10.8 Å². The minimum Gasteiger partial charge on any atom is -0.394 e. The van der Waals surface area contributed by atoms with Crippen LogP contribution < -0.4 is 5.73 Å². The number of aliphatic hydroxyl groups excluding tert-OH is 1. The first-order valence-electron chi connectivity index (χ1n) is 4.00. The Bertz CT molecular complexity index is 320. The third-order valence-electron chi connectivity index (χ3n) is 1.87. The Kier molecular flexibility index (Phi) is 3.80. The van der Waals surface area contributed by atoms with E-state index in [9.17, 15) is 8.78 Å². The highest BCUT2D eigenvalue weighted by Crippen LogP contribution is 2.27. The van der Waals surface area contributed by atoms with Crippen molar-refractivity contribution in [3.05, 3.63) is 34.3 Å². The fraction of sp³-hybridized carbons (Fsp3) is 0.333. The SMILES string of the molecule is NC(CO)c1ccc(C(F)F)cc1Cl. The van der Waals surface area contributed by atoms with Crippen LogP contribution in [0.5, 0.6) is 0 Å². The minimum atomic E-state index is -2.55. The monoisotopic (exact) mass is 221 g/mol. The molecule has 0 amide bonds. The van der Waals surface area contributed by atoms with Gasteiger partial charge in [-0.2, -0.15) is 0 Å². The molecule has 1 aromatic carbocycles. The first-order valence-corrected chi connectivity index (χ1v) is 4.38. The van der Waals surface area contributed by atoms with Crippen molar-refractivity contribution in [1.29, 1.82) is 0 Å². The highest BCUT2D eigenvalue weighted by Gasteiger charge is 2.13. The molecule has 0 fully saturated rings. The molecule has 0 saturated heterocycles. The van der Waals surface area contributed by atoms with Crippen LogP contribution in [0.15, 0.2) is 18.2 Å². The molecule has 1 aromatic rings. The van der Waals surface area contributed by atoms with E-state index in [1.807, 2.05) is 0 Å². The quantitative estimate of drug-likeness (QED) is 0.823. The molecule has 0 saturated carbocycles. The average molecular weight is 222 g/mol. The predicted molar refractivity (Wildman–Crippen MR) is 50.4 cm³/mol. The Morgan fingerprint density at radius 3 is 2.50 bits per heavy atom. The lowest BCUT2D eigenvalue weighted by molar-refractivity contribution is 0.151. The van der Waals surface area contributed by atoms with Crippen molar-refractivity contribution in [3.63, 3.8) is 0 Å². The summed E-state index contributed by atoms with van der Waals surface area (Å²) in [6.45, 7) is -0.270. The van der Waals surface area contributed by atoms with Crippen molar-refractivity contribution >= 4 is 11.6 Å². The number of halogens is 3. The molecule has 3 N–H and O–H groups in total. The summed E-state index contributed by atoms with van der Waals surface area (Å²) in [5.74, 6) is 0. The summed E-state index contributed by atoms with van der Waals surface area (Å²) in [7, 11) is 0. The van der Waals surface area contributed by atoms with Gasteiger partial charge >= 0.3 is 0 Å². The van der Waals surface area contributed by atoms with Gasteiger partial charge in [-0.1, -0.05) is 23.7 Å². The molecule has 0 aliphatic carbocycles. The summed E-state index contributed by atoms with van der Waals surface area (Å²) in [6.07, 6.45) is -2.55. The number of hydrogen-bond acceptors (Lipinski definition) is 2. The second-order valence-electron chi connectivity index (χ2n) is 2.87. The lowest BCUT2D eigenvalue weighted by atomic mass is 10.1. The standard InChI is InChI=1S/C9H10ClF2NO/c10-7-3-5(9(11)12)1-2-6(7)8(13)4-14/h1-3,8-9,14H,4,13H2. The average Bonchev–Trinajstić information content (AvgIpc) is 2.16. The van der Waals surface area contributed by atoms with E-state index in [4.69, 9.17) is 22.4 Å². The van der Waals surface area contributed by atoms with Gasteiger partial charge in [-0.15, -0.1) is 0 Å². The smallest absolute Gasteiger partial charge is 0.263 e. The van der Waals surface area contributed by atoms with Crippen molar-refractivity contribution in [2.45, 2.75) is 12.5 Å². The molecule has 0 bridgehead atoms. The van der Waals surface area contributed by atoms with Gasteiger partial charge in [0.1, 0.15) is 0 Å². The van der Waals surface area contributed by atoms with Gasteiger partial charge in [-0.3, -0.25) is 0 Å². The van der Waals surface area contributed by atoms with Crippen molar-refractivity contribution in [1.82, 2.24) is 0 Å². The Morgan fingerprint density at radius 2 is 2.07 bits per heavy atom. The number of rotatable bonds is 3.